The van der Waals surface area contributed by atoms with Gasteiger partial charge >= 0.3 is 5.97 Å². The zero-order valence-electron chi connectivity index (χ0n) is 6.97. The van der Waals surface area contributed by atoms with E-state index >= 15 is 0 Å². The Morgan fingerprint density at radius 2 is 2.00 bits per heavy atom. The topological polar surface area (TPSA) is 107 Å². The van der Waals surface area contributed by atoms with Gasteiger partial charge in [-0.25, -0.2) is 4.79 Å². The number of carbonyl (C=O) groups excluding carboxylic acids is 1. The number of aliphatic hydroxyl groups excluding tert-OH is 4. The molecule has 0 saturated carbocycles. The number of rotatable bonds is 2. The van der Waals surface area contributed by atoms with Crippen LogP contribution in [0.15, 0.2) is 11.5 Å². The number of ether oxygens (including phenoxy) is 1. The van der Waals surface area contributed by atoms with Crippen LogP contribution >= 0.6 is 0 Å². The first-order valence-corrected chi connectivity index (χ1v) is 3.20. The minimum atomic E-state index is -1.42. The standard InChI is InChI=1S/C6H8O6.Na/c7-1-2(8)5-3(9)4(10)6(11)12-5;/h2,5,7-10H,1H2;/t2-,5-;/m1./s1. The fourth-order valence-corrected chi connectivity index (χ4v) is 0.823. The first-order chi connectivity index (χ1) is 5.57. The molecule has 2 atom stereocenters. The zero-order valence-corrected chi connectivity index (χ0v) is 8.97. The van der Waals surface area contributed by atoms with Crippen molar-refractivity contribution in [1.82, 2.24) is 0 Å². The maximum Gasteiger partial charge on any atom is 0.377 e. The second kappa shape index (κ2) is 4.83. The maximum absolute atomic E-state index is 10.5. The quantitative estimate of drug-likeness (QED) is 0.309. The second-order valence-electron chi connectivity index (χ2n) is 2.31. The monoisotopic (exact) mass is 199 g/mol. The summed E-state index contributed by atoms with van der Waals surface area (Å²) in [6.45, 7) is -0.671. The molecule has 6 nitrogen and oxygen atoms in total. The van der Waals surface area contributed by atoms with Crippen LogP contribution in [0.4, 0.5) is 0 Å². The van der Waals surface area contributed by atoms with Crippen LogP contribution in [-0.4, -0.2) is 74.8 Å². The average Bonchev–Trinajstić information content (AvgIpc) is 2.32. The van der Waals surface area contributed by atoms with E-state index in [0.717, 1.165) is 0 Å². The van der Waals surface area contributed by atoms with Gasteiger partial charge in [0.05, 0.1) is 6.61 Å². The van der Waals surface area contributed by atoms with Crippen molar-refractivity contribution in [2.24, 2.45) is 0 Å². The van der Waals surface area contributed by atoms with Crippen molar-refractivity contribution in [3.05, 3.63) is 11.5 Å². The van der Waals surface area contributed by atoms with Gasteiger partial charge in [0.1, 0.15) is 6.10 Å². The van der Waals surface area contributed by atoms with Gasteiger partial charge in [0.2, 0.25) is 5.76 Å². The Hall–Kier alpha value is -0.270. The van der Waals surface area contributed by atoms with Gasteiger partial charge in [-0.1, -0.05) is 0 Å². The molecule has 0 amide bonds. The number of hydrogen-bond donors (Lipinski definition) is 4. The minimum Gasteiger partial charge on any atom is -0.505 e. The van der Waals surface area contributed by atoms with E-state index < -0.39 is 36.3 Å². The fraction of sp³-hybridized carbons (Fsp3) is 0.500. The van der Waals surface area contributed by atoms with Crippen molar-refractivity contribution in [2.45, 2.75) is 12.2 Å². The van der Waals surface area contributed by atoms with Crippen LogP contribution in [-0.2, 0) is 9.53 Å². The molecule has 1 aliphatic rings. The summed E-state index contributed by atoms with van der Waals surface area (Å²) in [5.41, 5.74) is 0. The molecule has 0 spiro atoms. The van der Waals surface area contributed by atoms with E-state index in [4.69, 9.17) is 20.4 Å². The largest absolute Gasteiger partial charge is 0.505 e. The fourth-order valence-electron chi connectivity index (χ4n) is 0.823. The number of hydrogen-bond acceptors (Lipinski definition) is 6. The summed E-state index contributed by atoms with van der Waals surface area (Å²) in [5.74, 6) is -2.78. The van der Waals surface area contributed by atoms with Crippen molar-refractivity contribution < 1.29 is 30.0 Å². The molecule has 13 heavy (non-hydrogen) atoms. The van der Waals surface area contributed by atoms with Crippen molar-refractivity contribution in [2.75, 3.05) is 6.61 Å². The van der Waals surface area contributed by atoms with E-state index in [2.05, 4.69) is 4.74 Å². The summed E-state index contributed by atoms with van der Waals surface area (Å²) >= 11 is 0. The van der Waals surface area contributed by atoms with Crippen molar-refractivity contribution in [3.8, 4) is 0 Å². The molecule has 1 radical (unpaired) electrons. The second-order valence-corrected chi connectivity index (χ2v) is 2.31. The van der Waals surface area contributed by atoms with Gasteiger partial charge in [0.25, 0.3) is 0 Å². The van der Waals surface area contributed by atoms with E-state index in [0.29, 0.717) is 0 Å². The first-order valence-electron chi connectivity index (χ1n) is 3.20. The Morgan fingerprint density at radius 1 is 1.46 bits per heavy atom. The van der Waals surface area contributed by atoms with Crippen LogP contribution in [0, 0.1) is 0 Å². The molecule has 4 N–H and O–H groups in total. The summed E-state index contributed by atoms with van der Waals surface area (Å²) in [4.78, 5) is 10.5. The molecular formula is C6H8NaO6. The van der Waals surface area contributed by atoms with E-state index in [-0.39, 0.29) is 29.6 Å². The van der Waals surface area contributed by atoms with Crippen molar-refractivity contribution >= 4 is 35.5 Å². The Bertz CT molecular complexity index is 237. The van der Waals surface area contributed by atoms with Gasteiger partial charge in [-0.2, -0.15) is 0 Å². The smallest absolute Gasteiger partial charge is 0.377 e. The molecule has 0 bridgehead atoms. The predicted molar refractivity (Wildman–Crippen MR) is 41.0 cm³/mol. The molecule has 0 saturated heterocycles. The first kappa shape index (κ1) is 12.7. The third-order valence-electron chi connectivity index (χ3n) is 1.48. The summed E-state index contributed by atoms with van der Waals surface area (Å²) < 4.78 is 4.32. The van der Waals surface area contributed by atoms with Crippen LogP contribution in [0.1, 0.15) is 0 Å². The van der Waals surface area contributed by atoms with Crippen molar-refractivity contribution in [3.63, 3.8) is 0 Å². The number of carbonyl (C=O) groups is 1. The van der Waals surface area contributed by atoms with Crippen molar-refractivity contribution in [1.29, 1.82) is 0 Å². The van der Waals surface area contributed by atoms with Crippen LogP contribution in [0.3, 0.4) is 0 Å². The summed E-state index contributed by atoms with van der Waals surface area (Å²) in [6, 6.07) is 0. The molecule has 0 aromatic carbocycles. The van der Waals surface area contributed by atoms with E-state index in [1.54, 1.807) is 0 Å². The Kier molecular flexibility index (Phi) is 4.72. The Morgan fingerprint density at radius 3 is 2.31 bits per heavy atom. The Labute approximate surface area is 95.7 Å². The normalized spacial score (nSPS) is 23.8. The molecule has 69 valence electrons. The van der Waals surface area contributed by atoms with E-state index in [1.165, 1.54) is 0 Å². The molecule has 1 aliphatic heterocycles. The molecule has 0 fully saturated rings. The summed E-state index contributed by atoms with van der Waals surface area (Å²) in [5, 5.41) is 35.0. The van der Waals surface area contributed by atoms with Gasteiger partial charge in [0, 0.05) is 29.6 Å². The molecule has 0 aliphatic carbocycles. The van der Waals surface area contributed by atoms with Crippen LogP contribution < -0.4 is 0 Å². The Balaban J connectivity index is 0.00000144. The van der Waals surface area contributed by atoms with E-state index in [9.17, 15) is 4.79 Å². The maximum atomic E-state index is 10.5. The summed E-state index contributed by atoms with van der Waals surface area (Å²) in [6.07, 6.45) is -2.78. The van der Waals surface area contributed by atoms with E-state index in [1.807, 2.05) is 0 Å². The van der Waals surface area contributed by atoms with Crippen LogP contribution in [0.2, 0.25) is 0 Å². The van der Waals surface area contributed by atoms with Gasteiger partial charge < -0.3 is 25.2 Å². The third-order valence-corrected chi connectivity index (χ3v) is 1.48. The molecule has 0 aromatic heterocycles. The van der Waals surface area contributed by atoms with Crippen LogP contribution in [0.5, 0.6) is 0 Å². The molecule has 1 heterocycles. The van der Waals surface area contributed by atoms with Gasteiger partial charge in [0.15, 0.2) is 11.9 Å². The SMILES string of the molecule is O=C1O[C@H]([C@H](O)CO)C(O)=C1O.[Na]. The van der Waals surface area contributed by atoms with Gasteiger partial charge in [-0.05, 0) is 0 Å². The molecule has 1 rings (SSSR count). The predicted octanol–water partition coefficient (Wildman–Crippen LogP) is -1.79. The number of esters is 1. The van der Waals surface area contributed by atoms with Gasteiger partial charge in [-0.3, -0.25) is 0 Å². The molecule has 0 unspecified atom stereocenters. The average molecular weight is 199 g/mol. The number of aliphatic hydroxyl groups is 4. The summed E-state index contributed by atoms with van der Waals surface area (Å²) in [7, 11) is 0. The van der Waals surface area contributed by atoms with Crippen LogP contribution in [0.25, 0.3) is 0 Å². The molecule has 0 aromatic rings. The van der Waals surface area contributed by atoms with Gasteiger partial charge in [-0.15, -0.1) is 0 Å². The zero-order chi connectivity index (χ0) is 9.30. The number of cyclic esters (lactones) is 1. The minimum absolute atomic E-state index is 0. The third kappa shape index (κ3) is 2.35. The molecular weight excluding hydrogens is 191 g/mol. The molecule has 7 heteroatoms.